The van der Waals surface area contributed by atoms with E-state index in [4.69, 9.17) is 4.74 Å². The van der Waals surface area contributed by atoms with E-state index < -0.39 is 0 Å². The summed E-state index contributed by atoms with van der Waals surface area (Å²) in [5.74, 6) is -0.200. The molecule has 0 aromatic heterocycles. The van der Waals surface area contributed by atoms with E-state index >= 15 is 0 Å². The Morgan fingerprint density at radius 2 is 1.83 bits per heavy atom. The minimum absolute atomic E-state index is 0.0440. The van der Waals surface area contributed by atoms with Gasteiger partial charge in [-0.05, 0) is 19.5 Å². The van der Waals surface area contributed by atoms with Crippen molar-refractivity contribution in [3.05, 3.63) is 0 Å². The lowest BCUT2D eigenvalue weighted by Gasteiger charge is -2.27. The van der Waals surface area contributed by atoms with Gasteiger partial charge in [0.15, 0.2) is 6.23 Å². The molecule has 0 aliphatic rings. The molecule has 3 nitrogen and oxygen atoms in total. The van der Waals surface area contributed by atoms with Gasteiger partial charge in [-0.1, -0.05) is 20.8 Å². The van der Waals surface area contributed by atoms with Crippen molar-refractivity contribution in [3.8, 4) is 0 Å². The Hall–Kier alpha value is -0.570. The predicted octanol–water partition coefficient (Wildman–Crippen LogP) is 1.63. The van der Waals surface area contributed by atoms with Crippen LogP contribution in [0.1, 0.15) is 34.1 Å². The fraction of sp³-hybridized carbons (Fsp3) is 0.889. The van der Waals surface area contributed by atoms with Gasteiger partial charge < -0.3 is 4.74 Å². The van der Waals surface area contributed by atoms with E-state index in [1.54, 1.807) is 0 Å². The molecule has 0 N–H and O–H groups in total. The number of nitrogens with zero attached hydrogens (tertiary/aromatic N) is 1. The van der Waals surface area contributed by atoms with Gasteiger partial charge in [0, 0.05) is 6.92 Å². The summed E-state index contributed by atoms with van der Waals surface area (Å²) in [5, 5.41) is 0. The molecule has 12 heavy (non-hydrogen) atoms. The van der Waals surface area contributed by atoms with E-state index in [1.807, 2.05) is 6.92 Å². The lowest BCUT2D eigenvalue weighted by atomic mass is 10.3. The second kappa shape index (κ2) is 6.00. The van der Waals surface area contributed by atoms with Gasteiger partial charge in [0.1, 0.15) is 0 Å². The van der Waals surface area contributed by atoms with Crippen LogP contribution < -0.4 is 0 Å². The second-order valence-corrected chi connectivity index (χ2v) is 2.69. The van der Waals surface area contributed by atoms with Crippen LogP contribution in [0.3, 0.4) is 0 Å². The zero-order valence-electron chi connectivity index (χ0n) is 8.46. The minimum atomic E-state index is -0.200. The second-order valence-electron chi connectivity index (χ2n) is 2.69. The summed E-state index contributed by atoms with van der Waals surface area (Å²) in [6, 6.07) is 0. The van der Waals surface area contributed by atoms with Gasteiger partial charge in [-0.2, -0.15) is 0 Å². The smallest absolute Gasteiger partial charge is 0.304 e. The van der Waals surface area contributed by atoms with Gasteiger partial charge in [0.2, 0.25) is 0 Å². The molecule has 0 amide bonds. The zero-order chi connectivity index (χ0) is 9.56. The first kappa shape index (κ1) is 11.4. The van der Waals surface area contributed by atoms with E-state index in [1.165, 1.54) is 6.92 Å². The van der Waals surface area contributed by atoms with Crippen molar-refractivity contribution in [2.75, 3.05) is 13.1 Å². The number of carbonyl (C=O) groups is 1. The largest absolute Gasteiger partial charge is 0.447 e. The molecule has 1 atom stereocenters. The van der Waals surface area contributed by atoms with Crippen molar-refractivity contribution in [1.29, 1.82) is 0 Å². The minimum Gasteiger partial charge on any atom is -0.447 e. The van der Waals surface area contributed by atoms with Crippen molar-refractivity contribution < 1.29 is 9.53 Å². The Balaban J connectivity index is 4.01. The van der Waals surface area contributed by atoms with Gasteiger partial charge in [-0.25, -0.2) is 0 Å². The summed E-state index contributed by atoms with van der Waals surface area (Å²) in [6.07, 6.45) is 0.804. The molecule has 0 aliphatic carbocycles. The molecule has 0 saturated heterocycles. The normalized spacial score (nSPS) is 13.1. The van der Waals surface area contributed by atoms with E-state index in [-0.39, 0.29) is 12.2 Å². The number of carbonyl (C=O) groups excluding carboxylic acids is 1. The SMILES string of the molecule is CCC(OC(C)=O)N(CC)CC. The highest BCUT2D eigenvalue weighted by atomic mass is 16.6. The highest BCUT2D eigenvalue weighted by Crippen LogP contribution is 2.05. The summed E-state index contributed by atoms with van der Waals surface area (Å²) in [7, 11) is 0. The summed E-state index contributed by atoms with van der Waals surface area (Å²) < 4.78 is 5.13. The molecule has 0 heterocycles. The molecule has 3 heteroatoms. The predicted molar refractivity (Wildman–Crippen MR) is 48.8 cm³/mol. The lowest BCUT2D eigenvalue weighted by molar-refractivity contribution is -0.156. The van der Waals surface area contributed by atoms with Crippen LogP contribution in [-0.4, -0.2) is 30.2 Å². The fourth-order valence-corrected chi connectivity index (χ4v) is 1.24. The first-order chi connectivity index (χ1) is 5.65. The summed E-state index contributed by atoms with van der Waals surface area (Å²) in [4.78, 5) is 12.8. The Morgan fingerprint density at radius 1 is 1.33 bits per heavy atom. The van der Waals surface area contributed by atoms with Crippen LogP contribution in [0.4, 0.5) is 0 Å². The first-order valence-electron chi connectivity index (χ1n) is 4.56. The Kier molecular flexibility index (Phi) is 5.72. The average molecular weight is 173 g/mol. The van der Waals surface area contributed by atoms with Crippen LogP contribution in [-0.2, 0) is 9.53 Å². The number of hydrogen-bond donors (Lipinski definition) is 0. The van der Waals surface area contributed by atoms with E-state index in [0.29, 0.717) is 0 Å². The molecule has 1 unspecified atom stereocenters. The van der Waals surface area contributed by atoms with Gasteiger partial charge in [0.05, 0.1) is 0 Å². The molecule has 0 aromatic rings. The molecular weight excluding hydrogens is 154 g/mol. The van der Waals surface area contributed by atoms with Gasteiger partial charge in [-0.15, -0.1) is 0 Å². The Morgan fingerprint density at radius 3 is 2.08 bits per heavy atom. The van der Waals surface area contributed by atoms with E-state index in [0.717, 1.165) is 19.5 Å². The molecule has 0 rings (SSSR count). The van der Waals surface area contributed by atoms with Crippen LogP contribution in [0.5, 0.6) is 0 Å². The molecular formula is C9H19NO2. The molecule has 0 bridgehead atoms. The lowest BCUT2D eigenvalue weighted by Crippen LogP contribution is -2.37. The maximum absolute atomic E-state index is 10.7. The number of ether oxygens (including phenoxy) is 1. The maximum atomic E-state index is 10.7. The summed E-state index contributed by atoms with van der Waals surface area (Å²) in [6.45, 7) is 9.44. The highest BCUT2D eigenvalue weighted by Gasteiger charge is 2.15. The Bertz CT molecular complexity index is 132. The number of esters is 1. The number of rotatable bonds is 5. The monoisotopic (exact) mass is 173 g/mol. The third kappa shape index (κ3) is 3.72. The van der Waals surface area contributed by atoms with Crippen LogP contribution in [0.25, 0.3) is 0 Å². The van der Waals surface area contributed by atoms with Gasteiger partial charge in [0.25, 0.3) is 0 Å². The quantitative estimate of drug-likeness (QED) is 0.467. The highest BCUT2D eigenvalue weighted by molar-refractivity contribution is 5.66. The third-order valence-corrected chi connectivity index (χ3v) is 1.87. The van der Waals surface area contributed by atoms with Crippen LogP contribution >= 0.6 is 0 Å². The van der Waals surface area contributed by atoms with E-state index in [9.17, 15) is 4.79 Å². The first-order valence-corrected chi connectivity index (χ1v) is 4.56. The van der Waals surface area contributed by atoms with Crippen molar-refractivity contribution in [3.63, 3.8) is 0 Å². The van der Waals surface area contributed by atoms with Crippen molar-refractivity contribution in [2.45, 2.75) is 40.3 Å². The van der Waals surface area contributed by atoms with Crippen LogP contribution in [0.15, 0.2) is 0 Å². The van der Waals surface area contributed by atoms with Gasteiger partial charge in [-0.3, -0.25) is 9.69 Å². The van der Waals surface area contributed by atoms with Crippen molar-refractivity contribution in [2.24, 2.45) is 0 Å². The molecule has 0 saturated carbocycles. The molecule has 0 aromatic carbocycles. The summed E-state index contributed by atoms with van der Waals surface area (Å²) >= 11 is 0. The zero-order valence-corrected chi connectivity index (χ0v) is 8.46. The number of hydrogen-bond acceptors (Lipinski definition) is 3. The van der Waals surface area contributed by atoms with Crippen LogP contribution in [0.2, 0.25) is 0 Å². The molecule has 0 spiro atoms. The average Bonchev–Trinajstić information content (AvgIpc) is 2.04. The standard InChI is InChI=1S/C9H19NO2/c1-5-9(12-8(4)11)10(6-2)7-3/h9H,5-7H2,1-4H3. The van der Waals surface area contributed by atoms with Crippen molar-refractivity contribution >= 4 is 5.97 Å². The van der Waals surface area contributed by atoms with Crippen LogP contribution in [0, 0.1) is 0 Å². The Labute approximate surface area is 74.7 Å². The molecule has 0 radical (unpaired) electrons. The topological polar surface area (TPSA) is 29.5 Å². The molecule has 0 fully saturated rings. The van der Waals surface area contributed by atoms with Gasteiger partial charge >= 0.3 is 5.97 Å². The maximum Gasteiger partial charge on any atom is 0.304 e. The summed E-state index contributed by atoms with van der Waals surface area (Å²) in [5.41, 5.74) is 0. The molecule has 72 valence electrons. The third-order valence-electron chi connectivity index (χ3n) is 1.87. The van der Waals surface area contributed by atoms with E-state index in [2.05, 4.69) is 18.7 Å². The fourth-order valence-electron chi connectivity index (χ4n) is 1.24. The van der Waals surface area contributed by atoms with Crippen molar-refractivity contribution in [1.82, 2.24) is 4.90 Å². The molecule has 0 aliphatic heterocycles.